The zero-order valence-electron chi connectivity index (χ0n) is 12.8. The van der Waals surface area contributed by atoms with Crippen LogP contribution in [0.25, 0.3) is 0 Å². The molecular formula is C15H13N3O7. The lowest BCUT2D eigenvalue weighted by Crippen LogP contribution is -2.43. The molecule has 0 spiro atoms. The van der Waals surface area contributed by atoms with E-state index in [1.807, 2.05) is 5.43 Å². The fourth-order valence-electron chi connectivity index (χ4n) is 1.82. The molecule has 0 aliphatic rings. The number of amides is 2. The van der Waals surface area contributed by atoms with Crippen molar-refractivity contribution in [2.75, 3.05) is 6.61 Å². The van der Waals surface area contributed by atoms with Gasteiger partial charge in [0.25, 0.3) is 11.6 Å². The van der Waals surface area contributed by atoms with E-state index in [1.54, 1.807) is 6.07 Å². The van der Waals surface area contributed by atoms with Crippen LogP contribution in [0.4, 0.5) is 5.69 Å². The Kier molecular flexibility index (Phi) is 5.82. The lowest BCUT2D eigenvalue weighted by molar-refractivity contribution is -0.385. The maximum atomic E-state index is 11.7. The van der Waals surface area contributed by atoms with Crippen LogP contribution < -0.4 is 10.9 Å². The van der Waals surface area contributed by atoms with Crippen molar-refractivity contribution in [2.24, 2.45) is 0 Å². The van der Waals surface area contributed by atoms with E-state index in [-0.39, 0.29) is 23.4 Å². The van der Waals surface area contributed by atoms with E-state index in [4.69, 9.17) is 9.15 Å². The van der Waals surface area contributed by atoms with Crippen LogP contribution in [0.2, 0.25) is 0 Å². The minimum atomic E-state index is -0.818. The first-order chi connectivity index (χ1) is 12.0. The molecule has 10 heteroatoms. The molecule has 0 atom stereocenters. The summed E-state index contributed by atoms with van der Waals surface area (Å²) in [5, 5.41) is 10.9. The number of nitro groups is 1. The predicted molar refractivity (Wildman–Crippen MR) is 82.1 cm³/mol. The van der Waals surface area contributed by atoms with Crippen molar-refractivity contribution in [3.63, 3.8) is 0 Å². The molecule has 2 amide bonds. The molecule has 2 rings (SSSR count). The number of hydrogen-bond donors (Lipinski definition) is 2. The first-order valence-electron chi connectivity index (χ1n) is 6.98. The summed E-state index contributed by atoms with van der Waals surface area (Å²) in [7, 11) is 0. The molecule has 0 radical (unpaired) electrons. The number of hydrogen-bond acceptors (Lipinski definition) is 7. The fraction of sp³-hybridized carbons (Fsp3) is 0.133. The van der Waals surface area contributed by atoms with Gasteiger partial charge in [-0.1, -0.05) is 18.2 Å². The van der Waals surface area contributed by atoms with Crippen LogP contribution in [-0.4, -0.2) is 29.3 Å². The third kappa shape index (κ3) is 5.16. The molecule has 1 aromatic heterocycles. The number of ether oxygens (including phenoxy) is 1. The Morgan fingerprint density at radius 3 is 2.56 bits per heavy atom. The van der Waals surface area contributed by atoms with Crippen LogP contribution in [0.3, 0.4) is 0 Å². The van der Waals surface area contributed by atoms with Crippen LogP contribution >= 0.6 is 0 Å². The summed E-state index contributed by atoms with van der Waals surface area (Å²) in [5.74, 6) is -2.28. The maximum Gasteiger partial charge on any atom is 0.311 e. The van der Waals surface area contributed by atoms with Gasteiger partial charge in [0.1, 0.15) is 0 Å². The Morgan fingerprint density at radius 2 is 1.88 bits per heavy atom. The summed E-state index contributed by atoms with van der Waals surface area (Å²) in [6.45, 7) is -0.655. The van der Waals surface area contributed by atoms with Gasteiger partial charge in [-0.25, -0.2) is 0 Å². The Balaban J connectivity index is 1.77. The van der Waals surface area contributed by atoms with E-state index in [1.165, 1.54) is 36.6 Å². The minimum absolute atomic E-state index is 0.00585. The number of furan rings is 1. The van der Waals surface area contributed by atoms with Gasteiger partial charge in [0, 0.05) is 11.6 Å². The van der Waals surface area contributed by atoms with Gasteiger partial charge in [-0.05, 0) is 12.1 Å². The zero-order chi connectivity index (χ0) is 18.2. The van der Waals surface area contributed by atoms with Gasteiger partial charge in [-0.15, -0.1) is 0 Å². The second-order valence-corrected chi connectivity index (χ2v) is 4.70. The molecule has 0 saturated heterocycles. The normalized spacial score (nSPS) is 9.92. The summed E-state index contributed by atoms with van der Waals surface area (Å²) < 4.78 is 9.54. The van der Waals surface area contributed by atoms with Crippen LogP contribution in [0.5, 0.6) is 0 Å². The van der Waals surface area contributed by atoms with Crippen molar-refractivity contribution < 1.29 is 28.5 Å². The molecule has 1 aromatic carbocycles. The van der Waals surface area contributed by atoms with Crippen molar-refractivity contribution in [1.82, 2.24) is 10.9 Å². The maximum absolute atomic E-state index is 11.7. The largest absolute Gasteiger partial charge is 0.459 e. The van der Waals surface area contributed by atoms with E-state index >= 15 is 0 Å². The number of carbonyl (C=O) groups is 3. The van der Waals surface area contributed by atoms with Gasteiger partial charge < -0.3 is 9.15 Å². The Labute approximate surface area is 140 Å². The third-order valence-corrected chi connectivity index (χ3v) is 2.95. The number of rotatable bonds is 6. The van der Waals surface area contributed by atoms with Gasteiger partial charge in [0.05, 0.1) is 17.6 Å². The summed E-state index contributed by atoms with van der Waals surface area (Å²) in [6.07, 6.45) is 0.935. The van der Waals surface area contributed by atoms with Crippen LogP contribution in [0.15, 0.2) is 47.1 Å². The van der Waals surface area contributed by atoms with Crippen LogP contribution in [-0.2, 0) is 20.7 Å². The lowest BCUT2D eigenvalue weighted by Gasteiger charge is -2.07. The summed E-state index contributed by atoms with van der Waals surface area (Å²) >= 11 is 0. The third-order valence-electron chi connectivity index (χ3n) is 2.95. The van der Waals surface area contributed by atoms with E-state index in [9.17, 15) is 24.5 Å². The van der Waals surface area contributed by atoms with Crippen LogP contribution in [0, 0.1) is 10.1 Å². The molecule has 0 fully saturated rings. The summed E-state index contributed by atoms with van der Waals surface area (Å²) in [4.78, 5) is 44.9. The summed E-state index contributed by atoms with van der Waals surface area (Å²) in [5.41, 5.74) is 4.06. The van der Waals surface area contributed by atoms with Crippen molar-refractivity contribution >= 4 is 23.5 Å². The summed E-state index contributed by atoms with van der Waals surface area (Å²) in [6, 6.07) is 8.60. The van der Waals surface area contributed by atoms with Gasteiger partial charge in [-0.3, -0.25) is 35.3 Å². The molecule has 0 aliphatic carbocycles. The average molecular weight is 347 g/mol. The number of esters is 1. The molecular weight excluding hydrogens is 334 g/mol. The highest BCUT2D eigenvalue weighted by Gasteiger charge is 2.17. The fourth-order valence-corrected chi connectivity index (χ4v) is 1.82. The first-order valence-corrected chi connectivity index (χ1v) is 6.98. The van der Waals surface area contributed by atoms with Crippen molar-refractivity contribution in [1.29, 1.82) is 0 Å². The number of nitrogens with one attached hydrogen (secondary N) is 2. The SMILES string of the molecule is O=C(COC(=O)Cc1ccccc1[N+](=O)[O-])NNC(=O)c1ccco1. The number of nitro benzene ring substituents is 1. The molecule has 0 unspecified atom stereocenters. The number of benzene rings is 1. The molecule has 2 aromatic rings. The van der Waals surface area contributed by atoms with E-state index in [0.29, 0.717) is 0 Å². The second kappa shape index (κ2) is 8.24. The molecule has 130 valence electrons. The smallest absolute Gasteiger partial charge is 0.311 e. The number of carbonyl (C=O) groups excluding carboxylic acids is 3. The van der Waals surface area contributed by atoms with Gasteiger partial charge >= 0.3 is 11.9 Å². The van der Waals surface area contributed by atoms with E-state index in [0.717, 1.165) is 0 Å². The van der Waals surface area contributed by atoms with E-state index < -0.39 is 29.3 Å². The molecule has 0 bridgehead atoms. The van der Waals surface area contributed by atoms with Crippen LogP contribution in [0.1, 0.15) is 16.1 Å². The quantitative estimate of drug-likeness (QED) is 0.446. The average Bonchev–Trinajstić information content (AvgIpc) is 3.13. The highest BCUT2D eigenvalue weighted by atomic mass is 16.6. The van der Waals surface area contributed by atoms with Gasteiger partial charge in [0.15, 0.2) is 12.4 Å². The highest BCUT2D eigenvalue weighted by molar-refractivity contribution is 5.93. The Bertz CT molecular complexity index is 786. The van der Waals surface area contributed by atoms with E-state index in [2.05, 4.69) is 5.43 Å². The highest BCUT2D eigenvalue weighted by Crippen LogP contribution is 2.18. The van der Waals surface area contributed by atoms with Gasteiger partial charge in [-0.2, -0.15) is 0 Å². The molecule has 2 N–H and O–H groups in total. The molecule has 25 heavy (non-hydrogen) atoms. The Hall–Kier alpha value is -3.69. The van der Waals surface area contributed by atoms with Gasteiger partial charge in [0.2, 0.25) is 0 Å². The topological polar surface area (TPSA) is 141 Å². The molecule has 10 nitrogen and oxygen atoms in total. The molecule has 0 saturated carbocycles. The second-order valence-electron chi connectivity index (χ2n) is 4.70. The number of nitrogens with zero attached hydrogens (tertiary/aromatic N) is 1. The van der Waals surface area contributed by atoms with Crippen molar-refractivity contribution in [3.05, 3.63) is 64.1 Å². The first kappa shape index (κ1) is 17.7. The molecule has 0 aliphatic heterocycles. The van der Waals surface area contributed by atoms with Crippen molar-refractivity contribution in [2.45, 2.75) is 6.42 Å². The standard InChI is InChI=1S/C15H13N3O7/c19-13(16-17-15(21)12-6-3-7-24-12)9-25-14(20)8-10-4-1-2-5-11(10)18(22)23/h1-7H,8-9H2,(H,16,19)(H,17,21). The minimum Gasteiger partial charge on any atom is -0.459 e. The predicted octanol–water partition coefficient (Wildman–Crippen LogP) is 0.735. The number of hydrazine groups is 1. The number of para-hydroxylation sites is 1. The zero-order valence-corrected chi connectivity index (χ0v) is 12.8. The molecule has 1 heterocycles. The lowest BCUT2D eigenvalue weighted by atomic mass is 10.1. The van der Waals surface area contributed by atoms with Crippen molar-refractivity contribution in [3.8, 4) is 0 Å². The Morgan fingerprint density at radius 1 is 1.12 bits per heavy atom. The monoisotopic (exact) mass is 347 g/mol.